The fraction of sp³-hybridized carbons (Fsp3) is 0.214. The fourth-order valence-electron chi connectivity index (χ4n) is 3.12. The number of rotatable bonds is 4. The molecule has 0 N–H and O–H groups in total. The third-order valence-corrected chi connectivity index (χ3v) is 4.72. The van der Waals surface area contributed by atoms with Crippen molar-refractivity contribution in [2.24, 2.45) is 0 Å². The number of hydrogen-bond donors (Lipinski definition) is 0. The standard InChI is InChI=1S/C28H24F2/c1-3-5-23-14-18-26(28(30)19-23)16-13-22-9-7-21(8-10-22)11-12-24-15-17-25(6-4-2)27(29)20-24/h7-10,14-15,17-20H,3-6H2,1-2H3. The van der Waals surface area contributed by atoms with Crippen LogP contribution in [0.25, 0.3) is 0 Å². The fourth-order valence-corrected chi connectivity index (χ4v) is 3.12. The van der Waals surface area contributed by atoms with Gasteiger partial charge in [-0.3, -0.25) is 0 Å². The molecule has 0 spiro atoms. The Hall–Kier alpha value is -3.36. The zero-order valence-electron chi connectivity index (χ0n) is 17.4. The van der Waals surface area contributed by atoms with Gasteiger partial charge in [-0.25, -0.2) is 8.78 Å². The topological polar surface area (TPSA) is 0 Å². The van der Waals surface area contributed by atoms with E-state index < -0.39 is 0 Å². The summed E-state index contributed by atoms with van der Waals surface area (Å²) in [5.41, 5.74) is 4.36. The molecule has 0 unspecified atom stereocenters. The lowest BCUT2D eigenvalue weighted by atomic mass is 10.1. The quantitative estimate of drug-likeness (QED) is 0.431. The maximum Gasteiger partial charge on any atom is 0.139 e. The summed E-state index contributed by atoms with van der Waals surface area (Å²) in [6.45, 7) is 4.10. The van der Waals surface area contributed by atoms with E-state index in [1.54, 1.807) is 18.2 Å². The van der Waals surface area contributed by atoms with Gasteiger partial charge in [0.15, 0.2) is 0 Å². The molecule has 150 valence electrons. The van der Waals surface area contributed by atoms with Gasteiger partial charge < -0.3 is 0 Å². The molecule has 0 radical (unpaired) electrons. The number of halogens is 2. The molecule has 3 aromatic carbocycles. The van der Waals surface area contributed by atoms with Gasteiger partial charge in [0.05, 0.1) is 5.56 Å². The predicted octanol–water partition coefficient (Wildman–Crippen LogP) is 6.67. The highest BCUT2D eigenvalue weighted by atomic mass is 19.1. The highest BCUT2D eigenvalue weighted by molar-refractivity contribution is 5.48. The van der Waals surface area contributed by atoms with Crippen molar-refractivity contribution in [2.75, 3.05) is 0 Å². The van der Waals surface area contributed by atoms with Crippen LogP contribution in [0.1, 0.15) is 60.1 Å². The van der Waals surface area contributed by atoms with Crippen molar-refractivity contribution in [3.63, 3.8) is 0 Å². The van der Waals surface area contributed by atoms with Crippen molar-refractivity contribution in [1.82, 2.24) is 0 Å². The first-order valence-corrected chi connectivity index (χ1v) is 10.3. The van der Waals surface area contributed by atoms with Crippen LogP contribution >= 0.6 is 0 Å². The average Bonchev–Trinajstić information content (AvgIpc) is 2.74. The second-order valence-electron chi connectivity index (χ2n) is 7.20. The predicted molar refractivity (Wildman–Crippen MR) is 119 cm³/mol. The van der Waals surface area contributed by atoms with E-state index in [1.807, 2.05) is 43.3 Å². The van der Waals surface area contributed by atoms with Gasteiger partial charge in [-0.1, -0.05) is 62.5 Å². The number of hydrogen-bond acceptors (Lipinski definition) is 0. The van der Waals surface area contributed by atoms with E-state index in [0.29, 0.717) is 11.1 Å². The molecule has 30 heavy (non-hydrogen) atoms. The van der Waals surface area contributed by atoms with Gasteiger partial charge in [-0.15, -0.1) is 0 Å². The van der Waals surface area contributed by atoms with Gasteiger partial charge in [0.2, 0.25) is 0 Å². The van der Waals surface area contributed by atoms with Crippen molar-refractivity contribution in [2.45, 2.75) is 39.5 Å². The van der Waals surface area contributed by atoms with Crippen LogP contribution in [0.2, 0.25) is 0 Å². The van der Waals surface area contributed by atoms with E-state index in [9.17, 15) is 8.78 Å². The summed E-state index contributed by atoms with van der Waals surface area (Å²) in [5, 5.41) is 0. The summed E-state index contributed by atoms with van der Waals surface area (Å²) < 4.78 is 28.2. The highest BCUT2D eigenvalue weighted by Gasteiger charge is 2.02. The van der Waals surface area contributed by atoms with Gasteiger partial charge in [-0.05, 0) is 72.5 Å². The Balaban J connectivity index is 1.71. The summed E-state index contributed by atoms with van der Waals surface area (Å²) in [6.07, 6.45) is 3.49. The second-order valence-corrected chi connectivity index (χ2v) is 7.20. The van der Waals surface area contributed by atoms with Crippen molar-refractivity contribution in [3.8, 4) is 23.7 Å². The van der Waals surface area contributed by atoms with Crippen LogP contribution in [0.15, 0.2) is 60.7 Å². The van der Waals surface area contributed by atoms with Gasteiger partial charge in [0.25, 0.3) is 0 Å². The molecule has 3 rings (SSSR count). The van der Waals surface area contributed by atoms with E-state index in [2.05, 4.69) is 30.6 Å². The Bertz CT molecular complexity index is 1130. The molecule has 0 fully saturated rings. The maximum atomic E-state index is 14.2. The largest absolute Gasteiger partial charge is 0.207 e. The molecular weight excluding hydrogens is 374 g/mol. The van der Waals surface area contributed by atoms with Crippen LogP contribution in [0.3, 0.4) is 0 Å². The summed E-state index contributed by atoms with van der Waals surface area (Å²) in [5.74, 6) is 11.4. The van der Waals surface area contributed by atoms with Gasteiger partial charge in [-0.2, -0.15) is 0 Å². The van der Waals surface area contributed by atoms with Crippen LogP contribution in [-0.2, 0) is 12.8 Å². The summed E-state index contributed by atoms with van der Waals surface area (Å²) in [6, 6.07) is 17.8. The molecule has 2 heteroatoms. The summed E-state index contributed by atoms with van der Waals surface area (Å²) in [4.78, 5) is 0. The molecule has 0 amide bonds. The van der Waals surface area contributed by atoms with E-state index in [0.717, 1.165) is 47.9 Å². The smallest absolute Gasteiger partial charge is 0.139 e. The number of aryl methyl sites for hydroxylation is 2. The van der Waals surface area contributed by atoms with Crippen LogP contribution in [-0.4, -0.2) is 0 Å². The SMILES string of the molecule is CCCc1ccc(C#Cc2ccc(C#Cc3ccc(CCC)c(F)c3)cc2)c(F)c1. The molecule has 0 bridgehead atoms. The van der Waals surface area contributed by atoms with E-state index in [1.165, 1.54) is 6.07 Å². The maximum absolute atomic E-state index is 14.2. The summed E-state index contributed by atoms with van der Waals surface area (Å²) >= 11 is 0. The van der Waals surface area contributed by atoms with E-state index in [4.69, 9.17) is 0 Å². The molecular formula is C28H24F2. The monoisotopic (exact) mass is 398 g/mol. The second kappa shape index (κ2) is 10.4. The van der Waals surface area contributed by atoms with Crippen LogP contribution in [0, 0.1) is 35.3 Å². The minimum absolute atomic E-state index is 0.204. The van der Waals surface area contributed by atoms with Crippen molar-refractivity contribution < 1.29 is 8.78 Å². The first-order valence-electron chi connectivity index (χ1n) is 10.3. The molecule has 0 saturated carbocycles. The molecule has 0 aliphatic heterocycles. The zero-order valence-corrected chi connectivity index (χ0v) is 17.4. The molecule has 0 nitrogen and oxygen atoms in total. The van der Waals surface area contributed by atoms with Crippen LogP contribution < -0.4 is 0 Å². The van der Waals surface area contributed by atoms with Crippen molar-refractivity contribution >= 4 is 0 Å². The molecule has 0 saturated heterocycles. The molecule has 0 aliphatic rings. The lowest BCUT2D eigenvalue weighted by Gasteiger charge is -2.01. The Kier molecular flexibility index (Phi) is 7.42. The van der Waals surface area contributed by atoms with Crippen LogP contribution in [0.4, 0.5) is 8.78 Å². The Morgan fingerprint density at radius 3 is 1.80 bits per heavy atom. The Morgan fingerprint density at radius 1 is 0.600 bits per heavy atom. The zero-order chi connectivity index (χ0) is 21.3. The molecule has 0 atom stereocenters. The highest BCUT2D eigenvalue weighted by Crippen LogP contribution is 2.13. The van der Waals surface area contributed by atoms with Crippen LogP contribution in [0.5, 0.6) is 0 Å². The normalized spacial score (nSPS) is 10.0. The first-order chi connectivity index (χ1) is 14.6. The Morgan fingerprint density at radius 2 is 1.20 bits per heavy atom. The average molecular weight is 398 g/mol. The number of benzene rings is 3. The molecule has 3 aromatic rings. The minimum atomic E-state index is -0.284. The van der Waals surface area contributed by atoms with E-state index >= 15 is 0 Å². The minimum Gasteiger partial charge on any atom is -0.207 e. The van der Waals surface area contributed by atoms with Gasteiger partial charge >= 0.3 is 0 Å². The van der Waals surface area contributed by atoms with Gasteiger partial charge in [0.1, 0.15) is 11.6 Å². The Labute approximate surface area is 178 Å². The lowest BCUT2D eigenvalue weighted by Crippen LogP contribution is -1.90. The molecule has 0 aromatic heterocycles. The summed E-state index contributed by atoms with van der Waals surface area (Å²) in [7, 11) is 0. The first kappa shape index (κ1) is 21.4. The van der Waals surface area contributed by atoms with Gasteiger partial charge in [0, 0.05) is 16.7 Å². The lowest BCUT2D eigenvalue weighted by molar-refractivity contribution is 0.607. The third-order valence-electron chi connectivity index (χ3n) is 4.72. The van der Waals surface area contributed by atoms with Crippen molar-refractivity contribution in [3.05, 3.63) is 106 Å². The van der Waals surface area contributed by atoms with E-state index in [-0.39, 0.29) is 11.6 Å². The molecule has 0 aliphatic carbocycles. The third kappa shape index (κ3) is 5.82. The van der Waals surface area contributed by atoms with Crippen molar-refractivity contribution in [1.29, 1.82) is 0 Å². The molecule has 0 heterocycles.